The summed E-state index contributed by atoms with van der Waals surface area (Å²) in [6.45, 7) is 0. The largest absolute Gasteiger partial charge is 0.508 e. The van der Waals surface area contributed by atoms with Crippen molar-refractivity contribution in [3.8, 4) is 5.75 Å². The summed E-state index contributed by atoms with van der Waals surface area (Å²) in [5, 5.41) is 18.9. The number of azo groups is 1. The minimum Gasteiger partial charge on any atom is -0.508 e. The van der Waals surface area contributed by atoms with Crippen LogP contribution in [-0.4, -0.2) is 32.5 Å². The Balaban J connectivity index is 2.23. The van der Waals surface area contributed by atoms with Crippen LogP contribution in [0.1, 0.15) is 0 Å². The number of anilines is 1. The van der Waals surface area contributed by atoms with Crippen molar-refractivity contribution in [1.82, 2.24) is 0 Å². The average molecular weight is 275 g/mol. The second-order valence-corrected chi connectivity index (χ2v) is 4.58. The maximum atomic E-state index is 9.54. The normalized spacial score (nSPS) is 21.6. The second-order valence-electron chi connectivity index (χ2n) is 4.58. The summed E-state index contributed by atoms with van der Waals surface area (Å²) in [7, 11) is 5.40. The standard InChI is InChI=1S/C14H18N4O2/c1-17(2)13-10-11(19)7-8-12(13)15-16-14-6-4-5-9-18(14)20-3/h4-10,14,19H,1-3H3/p+1. The van der Waals surface area contributed by atoms with Crippen molar-refractivity contribution in [1.29, 1.82) is 0 Å². The molecule has 6 heteroatoms. The summed E-state index contributed by atoms with van der Waals surface area (Å²) >= 11 is 0. The van der Waals surface area contributed by atoms with E-state index in [0.29, 0.717) is 5.69 Å². The molecule has 0 saturated heterocycles. The monoisotopic (exact) mass is 275 g/mol. The Bertz CT molecular complexity index is 552. The molecule has 1 heterocycles. The van der Waals surface area contributed by atoms with Crippen LogP contribution in [0.5, 0.6) is 5.75 Å². The SMILES string of the molecule is CO[NH+]1C=CC=CC1N=Nc1ccc(O)cc1N(C)C. The van der Waals surface area contributed by atoms with Gasteiger partial charge in [-0.2, -0.15) is 0 Å². The van der Waals surface area contributed by atoms with Crippen LogP contribution in [-0.2, 0) is 4.84 Å². The van der Waals surface area contributed by atoms with Gasteiger partial charge in [0.05, 0.1) is 12.8 Å². The van der Waals surface area contributed by atoms with Gasteiger partial charge < -0.3 is 10.0 Å². The molecule has 2 rings (SSSR count). The smallest absolute Gasteiger partial charge is 0.253 e. The van der Waals surface area contributed by atoms with Crippen molar-refractivity contribution in [3.63, 3.8) is 0 Å². The Kier molecular flexibility index (Phi) is 4.49. The third kappa shape index (κ3) is 3.23. The lowest BCUT2D eigenvalue weighted by Gasteiger charge is -2.17. The zero-order valence-corrected chi connectivity index (χ0v) is 11.8. The molecular weight excluding hydrogens is 256 g/mol. The molecule has 20 heavy (non-hydrogen) atoms. The van der Waals surface area contributed by atoms with Crippen LogP contribution in [0.15, 0.2) is 52.9 Å². The number of rotatable bonds is 4. The predicted octanol–water partition coefficient (Wildman–Crippen LogP) is 1.40. The van der Waals surface area contributed by atoms with Crippen molar-refractivity contribution in [2.45, 2.75) is 6.17 Å². The van der Waals surface area contributed by atoms with Gasteiger partial charge in [-0.1, -0.05) is 6.08 Å². The first-order chi connectivity index (χ1) is 9.61. The number of allylic oxidation sites excluding steroid dienone is 2. The van der Waals surface area contributed by atoms with E-state index in [1.807, 2.05) is 43.4 Å². The molecule has 0 bridgehead atoms. The van der Waals surface area contributed by atoms with Crippen LogP contribution in [0.2, 0.25) is 0 Å². The van der Waals surface area contributed by atoms with Crippen LogP contribution >= 0.6 is 0 Å². The molecule has 106 valence electrons. The zero-order valence-electron chi connectivity index (χ0n) is 11.8. The van der Waals surface area contributed by atoms with Gasteiger partial charge in [0.1, 0.15) is 17.6 Å². The highest BCUT2D eigenvalue weighted by Crippen LogP contribution is 2.31. The van der Waals surface area contributed by atoms with Gasteiger partial charge in [-0.05, 0) is 18.2 Å². The van der Waals surface area contributed by atoms with Crippen LogP contribution in [0, 0.1) is 0 Å². The summed E-state index contributed by atoms with van der Waals surface area (Å²) < 4.78 is 0. The first-order valence-corrected chi connectivity index (χ1v) is 6.28. The zero-order chi connectivity index (χ0) is 14.5. The second kappa shape index (κ2) is 6.31. The molecule has 0 radical (unpaired) electrons. The van der Waals surface area contributed by atoms with E-state index in [9.17, 15) is 5.11 Å². The van der Waals surface area contributed by atoms with Crippen LogP contribution < -0.4 is 9.96 Å². The fourth-order valence-electron chi connectivity index (χ4n) is 1.88. The molecule has 1 aromatic carbocycles. The average Bonchev–Trinajstić information content (AvgIpc) is 2.46. The maximum absolute atomic E-state index is 9.54. The van der Waals surface area contributed by atoms with Gasteiger partial charge in [-0.3, -0.25) is 0 Å². The number of phenols is 1. The maximum Gasteiger partial charge on any atom is 0.253 e. The summed E-state index contributed by atoms with van der Waals surface area (Å²) in [5.74, 6) is 0.206. The molecule has 0 amide bonds. The molecule has 2 atom stereocenters. The predicted molar refractivity (Wildman–Crippen MR) is 77.0 cm³/mol. The molecule has 0 fully saturated rings. The number of aromatic hydroxyl groups is 1. The number of hydrogen-bond donors (Lipinski definition) is 2. The number of phenolic OH excluding ortho intramolecular Hbond substituents is 1. The van der Waals surface area contributed by atoms with E-state index in [1.54, 1.807) is 25.3 Å². The third-order valence-electron chi connectivity index (χ3n) is 2.92. The molecule has 1 aromatic rings. The van der Waals surface area contributed by atoms with Crippen molar-refractivity contribution in [3.05, 3.63) is 42.6 Å². The van der Waals surface area contributed by atoms with E-state index in [1.165, 1.54) is 0 Å². The number of quaternary nitrogens is 1. The Labute approximate surface area is 118 Å². The summed E-state index contributed by atoms with van der Waals surface area (Å²) in [5.41, 5.74) is 1.51. The number of hydrogen-bond acceptors (Lipinski definition) is 5. The van der Waals surface area contributed by atoms with Gasteiger partial charge in [0, 0.05) is 26.2 Å². The van der Waals surface area contributed by atoms with E-state index >= 15 is 0 Å². The molecule has 6 nitrogen and oxygen atoms in total. The Morgan fingerprint density at radius 2 is 2.10 bits per heavy atom. The third-order valence-corrected chi connectivity index (χ3v) is 2.92. The molecule has 0 aliphatic carbocycles. The van der Waals surface area contributed by atoms with Crippen LogP contribution in [0.3, 0.4) is 0 Å². The first-order valence-electron chi connectivity index (χ1n) is 6.28. The number of nitrogens with one attached hydrogen (secondary N) is 1. The fourth-order valence-corrected chi connectivity index (χ4v) is 1.88. The van der Waals surface area contributed by atoms with Gasteiger partial charge >= 0.3 is 0 Å². The van der Waals surface area contributed by atoms with Crippen molar-refractivity contribution in [2.24, 2.45) is 10.2 Å². The Morgan fingerprint density at radius 3 is 2.80 bits per heavy atom. The minimum absolute atomic E-state index is 0.206. The van der Waals surface area contributed by atoms with Gasteiger partial charge in [0.25, 0.3) is 6.17 Å². The molecule has 0 saturated carbocycles. The summed E-state index contributed by atoms with van der Waals surface area (Å²) in [6.07, 6.45) is 7.38. The lowest BCUT2D eigenvalue weighted by molar-refractivity contribution is -1.06. The van der Waals surface area contributed by atoms with E-state index in [0.717, 1.165) is 10.8 Å². The van der Waals surface area contributed by atoms with Crippen molar-refractivity contribution < 1.29 is 15.0 Å². The Morgan fingerprint density at radius 1 is 1.30 bits per heavy atom. The highest BCUT2D eigenvalue weighted by Gasteiger charge is 2.19. The molecule has 0 spiro atoms. The highest BCUT2D eigenvalue weighted by molar-refractivity contribution is 5.68. The summed E-state index contributed by atoms with van der Waals surface area (Å²) in [4.78, 5) is 7.14. The molecule has 1 aliphatic rings. The topological polar surface area (TPSA) is 61.9 Å². The van der Waals surface area contributed by atoms with Crippen LogP contribution in [0.4, 0.5) is 11.4 Å². The van der Waals surface area contributed by atoms with E-state index in [2.05, 4.69) is 10.2 Å². The van der Waals surface area contributed by atoms with Gasteiger partial charge in [0.2, 0.25) is 0 Å². The number of hydroxylamine groups is 2. The number of nitrogens with zero attached hydrogens (tertiary/aromatic N) is 3. The van der Waals surface area contributed by atoms with E-state index < -0.39 is 0 Å². The van der Waals surface area contributed by atoms with Gasteiger partial charge in [0.15, 0.2) is 0 Å². The van der Waals surface area contributed by atoms with Crippen LogP contribution in [0.25, 0.3) is 0 Å². The highest BCUT2D eigenvalue weighted by atomic mass is 16.7. The number of benzene rings is 1. The molecule has 2 unspecified atom stereocenters. The van der Waals surface area contributed by atoms with E-state index in [-0.39, 0.29) is 11.9 Å². The lowest BCUT2D eigenvalue weighted by atomic mass is 10.2. The first kappa shape index (κ1) is 14.2. The van der Waals surface area contributed by atoms with Gasteiger partial charge in [-0.15, -0.1) is 15.3 Å². The molecular formula is C14H19N4O2+. The van der Waals surface area contributed by atoms with E-state index in [4.69, 9.17) is 4.84 Å². The van der Waals surface area contributed by atoms with Crippen molar-refractivity contribution >= 4 is 11.4 Å². The molecule has 1 aliphatic heterocycles. The molecule has 2 N–H and O–H groups in total. The van der Waals surface area contributed by atoms with Crippen molar-refractivity contribution in [2.75, 3.05) is 26.1 Å². The fraction of sp³-hybridized carbons (Fsp3) is 0.286. The summed E-state index contributed by atoms with van der Waals surface area (Å²) in [6, 6.07) is 4.99. The quantitative estimate of drug-likeness (QED) is 0.816. The Hall–Kier alpha value is -2.18. The molecule has 0 aromatic heterocycles. The minimum atomic E-state index is -0.214. The van der Waals surface area contributed by atoms with Gasteiger partial charge in [-0.25, -0.2) is 4.84 Å². The lowest BCUT2D eigenvalue weighted by Crippen LogP contribution is -3.10.